The maximum atomic E-state index is 13.2. The molecule has 0 spiro atoms. The minimum Gasteiger partial charge on any atom is -0.383 e. The second-order valence-electron chi connectivity index (χ2n) is 6.89. The summed E-state index contributed by atoms with van der Waals surface area (Å²) in [5, 5.41) is 1.23. The SMILES string of the molecule is CC(=O)C(Cc1ccc(Cl)cc1)(Cc1ccc(Cl)cc1)C(=O)/C=C/N(C)C. The number of Topliss-reactive ketones (excluding diaryl/α,β-unsaturated/α-hetero) is 1. The quantitative estimate of drug-likeness (QED) is 0.459. The van der Waals surface area contributed by atoms with E-state index in [0.717, 1.165) is 11.1 Å². The van der Waals surface area contributed by atoms with Gasteiger partial charge in [0.2, 0.25) is 0 Å². The van der Waals surface area contributed by atoms with Crippen LogP contribution in [-0.2, 0) is 22.4 Å². The van der Waals surface area contributed by atoms with E-state index in [-0.39, 0.29) is 11.6 Å². The van der Waals surface area contributed by atoms with Crippen molar-refractivity contribution in [3.8, 4) is 0 Å². The van der Waals surface area contributed by atoms with Crippen molar-refractivity contribution in [1.82, 2.24) is 4.90 Å². The first-order chi connectivity index (χ1) is 12.7. The molecule has 5 heteroatoms. The molecule has 0 saturated carbocycles. The molecule has 0 saturated heterocycles. The molecular weight excluding hydrogens is 381 g/mol. The van der Waals surface area contributed by atoms with Gasteiger partial charge in [0.05, 0.1) is 5.41 Å². The van der Waals surface area contributed by atoms with Gasteiger partial charge in [-0.25, -0.2) is 0 Å². The van der Waals surface area contributed by atoms with Gasteiger partial charge in [0, 0.05) is 30.3 Å². The van der Waals surface area contributed by atoms with Crippen LogP contribution in [0.25, 0.3) is 0 Å². The summed E-state index contributed by atoms with van der Waals surface area (Å²) in [6.07, 6.45) is 3.76. The van der Waals surface area contributed by atoms with Gasteiger partial charge in [0.25, 0.3) is 0 Å². The van der Waals surface area contributed by atoms with E-state index in [4.69, 9.17) is 23.2 Å². The first-order valence-corrected chi connectivity index (χ1v) is 9.37. The van der Waals surface area contributed by atoms with Crippen LogP contribution in [0.2, 0.25) is 10.0 Å². The normalized spacial score (nSPS) is 11.6. The summed E-state index contributed by atoms with van der Waals surface area (Å²) in [6, 6.07) is 14.5. The van der Waals surface area contributed by atoms with Crippen molar-refractivity contribution in [2.24, 2.45) is 5.41 Å². The van der Waals surface area contributed by atoms with Crippen LogP contribution in [0.5, 0.6) is 0 Å². The molecule has 0 fully saturated rings. The molecule has 0 heterocycles. The molecule has 0 amide bonds. The maximum Gasteiger partial charge on any atom is 0.171 e. The van der Waals surface area contributed by atoms with Crippen molar-refractivity contribution < 1.29 is 9.59 Å². The predicted octanol–water partition coefficient (Wildman–Crippen LogP) is 5.00. The Morgan fingerprint density at radius 3 is 1.63 bits per heavy atom. The van der Waals surface area contributed by atoms with Crippen LogP contribution in [0.1, 0.15) is 18.1 Å². The summed E-state index contributed by atoms with van der Waals surface area (Å²) >= 11 is 11.9. The molecule has 0 aliphatic rings. The lowest BCUT2D eigenvalue weighted by Crippen LogP contribution is -2.41. The first kappa shape index (κ1) is 21.2. The molecule has 2 aromatic carbocycles. The van der Waals surface area contributed by atoms with Crippen molar-refractivity contribution in [1.29, 1.82) is 0 Å². The highest BCUT2D eigenvalue weighted by Crippen LogP contribution is 2.32. The van der Waals surface area contributed by atoms with Crippen LogP contribution in [-0.4, -0.2) is 30.6 Å². The standard InChI is InChI=1S/C22H23Cl2NO2/c1-16(26)22(21(27)12-13-25(2)3,14-17-4-8-19(23)9-5-17)15-18-6-10-20(24)11-7-18/h4-13H,14-15H2,1-3H3/b13-12+. The van der Waals surface area contributed by atoms with Gasteiger partial charge in [-0.3, -0.25) is 9.59 Å². The summed E-state index contributed by atoms with van der Waals surface area (Å²) in [5.41, 5.74) is 0.582. The molecular formula is C22H23Cl2NO2. The lowest BCUT2D eigenvalue weighted by molar-refractivity contribution is -0.136. The number of carbonyl (C=O) groups is 2. The second-order valence-corrected chi connectivity index (χ2v) is 7.76. The van der Waals surface area contributed by atoms with Crippen LogP contribution in [0.4, 0.5) is 0 Å². The summed E-state index contributed by atoms with van der Waals surface area (Å²) in [6.45, 7) is 1.48. The number of rotatable bonds is 8. The minimum atomic E-state index is -1.19. The summed E-state index contributed by atoms with van der Waals surface area (Å²) in [4.78, 5) is 27.7. The van der Waals surface area contributed by atoms with Crippen LogP contribution in [0, 0.1) is 5.41 Å². The van der Waals surface area contributed by atoms with E-state index >= 15 is 0 Å². The zero-order valence-electron chi connectivity index (χ0n) is 15.7. The fourth-order valence-corrected chi connectivity index (χ4v) is 3.19. The number of halogens is 2. The predicted molar refractivity (Wildman–Crippen MR) is 111 cm³/mol. The average molecular weight is 404 g/mol. The highest BCUT2D eigenvalue weighted by Gasteiger charge is 2.41. The Morgan fingerprint density at radius 1 is 0.889 bits per heavy atom. The third-order valence-corrected chi connectivity index (χ3v) is 5.01. The van der Waals surface area contributed by atoms with Crippen LogP contribution in [0.15, 0.2) is 60.8 Å². The largest absolute Gasteiger partial charge is 0.383 e. The third-order valence-electron chi connectivity index (χ3n) is 4.51. The molecule has 2 rings (SSSR count). The monoisotopic (exact) mass is 403 g/mol. The van der Waals surface area contributed by atoms with E-state index in [0.29, 0.717) is 22.9 Å². The lowest BCUT2D eigenvalue weighted by Gasteiger charge is -2.29. The number of benzene rings is 2. The topological polar surface area (TPSA) is 37.4 Å². The molecule has 27 heavy (non-hydrogen) atoms. The second kappa shape index (κ2) is 9.20. The Kier molecular flexibility index (Phi) is 7.23. The summed E-state index contributed by atoms with van der Waals surface area (Å²) < 4.78 is 0. The van der Waals surface area contributed by atoms with Crippen LogP contribution < -0.4 is 0 Å². The highest BCUT2D eigenvalue weighted by atomic mass is 35.5. The number of nitrogens with zero attached hydrogens (tertiary/aromatic N) is 1. The number of carbonyl (C=O) groups excluding carboxylic acids is 2. The van der Waals surface area contributed by atoms with Gasteiger partial charge in [-0.2, -0.15) is 0 Å². The Labute approximate surface area is 170 Å². The van der Waals surface area contributed by atoms with Crippen LogP contribution in [0.3, 0.4) is 0 Å². The van der Waals surface area contributed by atoms with E-state index < -0.39 is 5.41 Å². The van der Waals surface area contributed by atoms with Gasteiger partial charge in [-0.15, -0.1) is 0 Å². The van der Waals surface area contributed by atoms with Crippen molar-refractivity contribution in [3.63, 3.8) is 0 Å². The fraction of sp³-hybridized carbons (Fsp3) is 0.273. The molecule has 0 N–H and O–H groups in total. The minimum absolute atomic E-state index is 0.166. The van der Waals surface area contributed by atoms with Gasteiger partial charge in [0.15, 0.2) is 5.78 Å². The van der Waals surface area contributed by atoms with E-state index in [9.17, 15) is 9.59 Å². The fourth-order valence-electron chi connectivity index (χ4n) is 2.94. The number of ketones is 2. The number of allylic oxidation sites excluding steroid dienone is 1. The Balaban J connectivity index is 2.47. The Bertz CT molecular complexity index is 777. The zero-order chi connectivity index (χ0) is 20.0. The number of hydrogen-bond donors (Lipinski definition) is 0. The van der Waals surface area contributed by atoms with Crippen molar-refractivity contribution >= 4 is 34.8 Å². The molecule has 0 radical (unpaired) electrons. The molecule has 0 unspecified atom stereocenters. The zero-order valence-corrected chi connectivity index (χ0v) is 17.2. The molecule has 0 aliphatic carbocycles. The number of hydrogen-bond acceptors (Lipinski definition) is 3. The van der Waals surface area contributed by atoms with Gasteiger partial charge in [-0.05, 0) is 61.2 Å². The van der Waals surface area contributed by atoms with E-state index in [1.165, 1.54) is 13.0 Å². The molecule has 0 atom stereocenters. The summed E-state index contributed by atoms with van der Waals surface area (Å²) in [5.74, 6) is -0.380. The summed E-state index contributed by atoms with van der Waals surface area (Å²) in [7, 11) is 3.66. The van der Waals surface area contributed by atoms with Gasteiger partial charge >= 0.3 is 0 Å². The van der Waals surface area contributed by atoms with Crippen LogP contribution >= 0.6 is 23.2 Å². The first-order valence-electron chi connectivity index (χ1n) is 8.62. The Hall–Kier alpha value is -2.10. The van der Waals surface area contributed by atoms with E-state index in [2.05, 4.69) is 0 Å². The molecule has 0 aromatic heterocycles. The van der Waals surface area contributed by atoms with E-state index in [1.807, 2.05) is 38.4 Å². The molecule has 0 aliphatic heterocycles. The lowest BCUT2D eigenvalue weighted by atomic mass is 9.70. The third kappa shape index (κ3) is 5.69. The van der Waals surface area contributed by atoms with Gasteiger partial charge in [-0.1, -0.05) is 47.5 Å². The Morgan fingerprint density at radius 2 is 1.30 bits per heavy atom. The molecule has 2 aromatic rings. The maximum absolute atomic E-state index is 13.2. The highest BCUT2D eigenvalue weighted by molar-refractivity contribution is 6.30. The molecule has 0 bridgehead atoms. The molecule has 3 nitrogen and oxygen atoms in total. The van der Waals surface area contributed by atoms with Gasteiger partial charge in [0.1, 0.15) is 5.78 Å². The van der Waals surface area contributed by atoms with Crippen molar-refractivity contribution in [2.75, 3.05) is 14.1 Å². The van der Waals surface area contributed by atoms with E-state index in [1.54, 1.807) is 35.4 Å². The van der Waals surface area contributed by atoms with Gasteiger partial charge < -0.3 is 4.90 Å². The molecule has 142 valence electrons. The van der Waals surface area contributed by atoms with Crippen molar-refractivity contribution in [3.05, 3.63) is 82.0 Å². The average Bonchev–Trinajstić information content (AvgIpc) is 2.62. The smallest absolute Gasteiger partial charge is 0.171 e. The van der Waals surface area contributed by atoms with Crippen molar-refractivity contribution in [2.45, 2.75) is 19.8 Å².